The van der Waals surface area contributed by atoms with E-state index in [4.69, 9.17) is 9.26 Å². The summed E-state index contributed by atoms with van der Waals surface area (Å²) in [6, 6.07) is 17.4. The van der Waals surface area contributed by atoms with Gasteiger partial charge in [-0.2, -0.15) is 4.98 Å². The SMILES string of the molecule is COc1ccc(CCNC(=O)CCc2nc(-c3ccccc3)no2)cc1. The lowest BCUT2D eigenvalue weighted by Gasteiger charge is -2.05. The lowest BCUT2D eigenvalue weighted by Crippen LogP contribution is -2.25. The average molecular weight is 351 g/mol. The molecular formula is C20H21N3O3. The van der Waals surface area contributed by atoms with E-state index in [0.29, 0.717) is 31.1 Å². The van der Waals surface area contributed by atoms with Gasteiger partial charge in [-0.3, -0.25) is 4.79 Å². The molecule has 0 atom stereocenters. The van der Waals surface area contributed by atoms with Crippen molar-refractivity contribution in [2.75, 3.05) is 13.7 Å². The molecule has 1 amide bonds. The van der Waals surface area contributed by atoms with Gasteiger partial charge >= 0.3 is 0 Å². The molecule has 1 aromatic heterocycles. The Morgan fingerprint density at radius 3 is 2.58 bits per heavy atom. The zero-order chi connectivity index (χ0) is 18.2. The highest BCUT2D eigenvalue weighted by molar-refractivity contribution is 5.76. The molecule has 6 heteroatoms. The number of ether oxygens (including phenoxy) is 1. The molecule has 0 aliphatic heterocycles. The zero-order valence-corrected chi connectivity index (χ0v) is 14.6. The van der Waals surface area contributed by atoms with Gasteiger partial charge < -0.3 is 14.6 Å². The van der Waals surface area contributed by atoms with E-state index in [9.17, 15) is 4.79 Å². The third-order valence-electron chi connectivity index (χ3n) is 3.96. The molecule has 0 saturated heterocycles. The van der Waals surface area contributed by atoms with Crippen molar-refractivity contribution in [3.8, 4) is 17.1 Å². The summed E-state index contributed by atoms with van der Waals surface area (Å²) in [6.07, 6.45) is 1.52. The van der Waals surface area contributed by atoms with Gasteiger partial charge in [-0.1, -0.05) is 47.6 Å². The summed E-state index contributed by atoms with van der Waals surface area (Å²) in [5.41, 5.74) is 2.04. The fourth-order valence-corrected chi connectivity index (χ4v) is 2.51. The Morgan fingerprint density at radius 1 is 1.08 bits per heavy atom. The largest absolute Gasteiger partial charge is 0.497 e. The van der Waals surface area contributed by atoms with Gasteiger partial charge in [-0.15, -0.1) is 0 Å². The van der Waals surface area contributed by atoms with E-state index < -0.39 is 0 Å². The number of carbonyl (C=O) groups is 1. The Hall–Kier alpha value is -3.15. The molecule has 1 N–H and O–H groups in total. The van der Waals surface area contributed by atoms with Crippen LogP contribution in [0.5, 0.6) is 5.75 Å². The molecule has 0 spiro atoms. The third kappa shape index (κ3) is 4.92. The maximum absolute atomic E-state index is 12.0. The van der Waals surface area contributed by atoms with Crippen molar-refractivity contribution in [3.63, 3.8) is 0 Å². The number of carbonyl (C=O) groups excluding carboxylic acids is 1. The molecule has 2 aromatic carbocycles. The summed E-state index contributed by atoms with van der Waals surface area (Å²) in [7, 11) is 1.64. The van der Waals surface area contributed by atoms with E-state index in [2.05, 4.69) is 15.5 Å². The smallest absolute Gasteiger partial charge is 0.227 e. The first kappa shape index (κ1) is 17.7. The van der Waals surface area contributed by atoms with E-state index in [1.165, 1.54) is 0 Å². The van der Waals surface area contributed by atoms with Crippen LogP contribution in [0.25, 0.3) is 11.4 Å². The molecule has 0 fully saturated rings. The van der Waals surface area contributed by atoms with Gasteiger partial charge in [-0.05, 0) is 24.1 Å². The summed E-state index contributed by atoms with van der Waals surface area (Å²) in [4.78, 5) is 16.3. The highest BCUT2D eigenvalue weighted by Gasteiger charge is 2.10. The van der Waals surface area contributed by atoms with Crippen molar-refractivity contribution in [1.29, 1.82) is 0 Å². The van der Waals surface area contributed by atoms with Crippen LogP contribution in [-0.4, -0.2) is 29.7 Å². The molecular weight excluding hydrogens is 330 g/mol. The van der Waals surface area contributed by atoms with E-state index in [0.717, 1.165) is 23.3 Å². The maximum atomic E-state index is 12.0. The van der Waals surface area contributed by atoms with Crippen LogP contribution in [0.2, 0.25) is 0 Å². The van der Waals surface area contributed by atoms with E-state index >= 15 is 0 Å². The van der Waals surface area contributed by atoms with Crippen LogP contribution in [0.1, 0.15) is 17.9 Å². The standard InChI is InChI=1S/C20H21N3O3/c1-25-17-9-7-15(8-10-17)13-14-21-18(24)11-12-19-22-20(23-26-19)16-5-3-2-4-6-16/h2-10H,11-14H2,1H3,(H,21,24). The highest BCUT2D eigenvalue weighted by atomic mass is 16.5. The first-order valence-electron chi connectivity index (χ1n) is 8.52. The molecule has 0 radical (unpaired) electrons. The number of aromatic nitrogens is 2. The van der Waals surface area contributed by atoms with Gasteiger partial charge in [-0.25, -0.2) is 0 Å². The number of benzene rings is 2. The topological polar surface area (TPSA) is 77.2 Å². The molecule has 0 bridgehead atoms. The zero-order valence-electron chi connectivity index (χ0n) is 14.6. The van der Waals surface area contributed by atoms with Gasteiger partial charge in [0.1, 0.15) is 5.75 Å². The quantitative estimate of drug-likeness (QED) is 0.675. The predicted molar refractivity (Wildman–Crippen MR) is 97.8 cm³/mol. The minimum absolute atomic E-state index is 0.0297. The molecule has 1 heterocycles. The Labute approximate surface area is 152 Å². The Kier molecular flexibility index (Phi) is 5.98. The minimum atomic E-state index is -0.0297. The molecule has 3 aromatic rings. The summed E-state index contributed by atoms with van der Waals surface area (Å²) >= 11 is 0. The number of amides is 1. The maximum Gasteiger partial charge on any atom is 0.227 e. The fraction of sp³-hybridized carbons (Fsp3) is 0.250. The lowest BCUT2D eigenvalue weighted by molar-refractivity contribution is -0.121. The van der Waals surface area contributed by atoms with Crippen molar-refractivity contribution < 1.29 is 14.1 Å². The Morgan fingerprint density at radius 2 is 1.85 bits per heavy atom. The van der Waals surface area contributed by atoms with Gasteiger partial charge in [0, 0.05) is 24.9 Å². The minimum Gasteiger partial charge on any atom is -0.497 e. The molecule has 0 aliphatic carbocycles. The number of hydrogen-bond acceptors (Lipinski definition) is 5. The highest BCUT2D eigenvalue weighted by Crippen LogP contribution is 2.15. The van der Waals surface area contributed by atoms with Gasteiger partial charge in [0.25, 0.3) is 0 Å². The van der Waals surface area contributed by atoms with Crippen LogP contribution in [0, 0.1) is 0 Å². The van der Waals surface area contributed by atoms with Crippen LogP contribution < -0.4 is 10.1 Å². The van der Waals surface area contributed by atoms with Crippen LogP contribution >= 0.6 is 0 Å². The molecule has 0 saturated carbocycles. The Bertz CT molecular complexity index is 829. The van der Waals surface area contributed by atoms with Crippen LogP contribution in [0.3, 0.4) is 0 Å². The number of methoxy groups -OCH3 is 1. The second-order valence-electron chi connectivity index (χ2n) is 5.83. The molecule has 0 aliphatic rings. The van der Waals surface area contributed by atoms with E-state index in [-0.39, 0.29) is 5.91 Å². The van der Waals surface area contributed by atoms with Crippen LogP contribution in [0.15, 0.2) is 59.1 Å². The number of rotatable bonds is 8. The van der Waals surface area contributed by atoms with Crippen molar-refractivity contribution >= 4 is 5.91 Å². The van der Waals surface area contributed by atoms with Crippen molar-refractivity contribution in [3.05, 3.63) is 66.1 Å². The predicted octanol–water partition coefficient (Wildman–Crippen LogP) is 3.04. The summed E-state index contributed by atoms with van der Waals surface area (Å²) in [6.45, 7) is 0.588. The van der Waals surface area contributed by atoms with E-state index in [1.54, 1.807) is 7.11 Å². The summed E-state index contributed by atoms with van der Waals surface area (Å²) in [5.74, 6) is 1.81. The second kappa shape index (κ2) is 8.80. The molecule has 3 rings (SSSR count). The number of aryl methyl sites for hydroxylation is 1. The number of nitrogens with one attached hydrogen (secondary N) is 1. The lowest BCUT2D eigenvalue weighted by atomic mass is 10.1. The fourth-order valence-electron chi connectivity index (χ4n) is 2.51. The molecule has 0 unspecified atom stereocenters. The number of nitrogens with zero attached hydrogens (tertiary/aromatic N) is 2. The van der Waals surface area contributed by atoms with Crippen LogP contribution in [0.4, 0.5) is 0 Å². The molecule has 6 nitrogen and oxygen atoms in total. The second-order valence-corrected chi connectivity index (χ2v) is 5.83. The summed E-state index contributed by atoms with van der Waals surface area (Å²) in [5, 5.41) is 6.86. The van der Waals surface area contributed by atoms with Crippen molar-refractivity contribution in [2.24, 2.45) is 0 Å². The monoisotopic (exact) mass is 351 g/mol. The van der Waals surface area contributed by atoms with Crippen LogP contribution in [-0.2, 0) is 17.6 Å². The number of hydrogen-bond donors (Lipinski definition) is 1. The average Bonchev–Trinajstić information content (AvgIpc) is 3.17. The van der Waals surface area contributed by atoms with Crippen molar-refractivity contribution in [2.45, 2.75) is 19.3 Å². The molecule has 134 valence electrons. The van der Waals surface area contributed by atoms with Gasteiger partial charge in [0.2, 0.25) is 17.6 Å². The van der Waals surface area contributed by atoms with E-state index in [1.807, 2.05) is 54.6 Å². The van der Waals surface area contributed by atoms with Crippen molar-refractivity contribution in [1.82, 2.24) is 15.5 Å². The first-order valence-corrected chi connectivity index (χ1v) is 8.52. The third-order valence-corrected chi connectivity index (χ3v) is 3.96. The Balaban J connectivity index is 1.40. The normalized spacial score (nSPS) is 10.5. The molecule has 26 heavy (non-hydrogen) atoms. The summed E-state index contributed by atoms with van der Waals surface area (Å²) < 4.78 is 10.3. The first-order chi connectivity index (χ1) is 12.7. The van der Waals surface area contributed by atoms with Gasteiger partial charge in [0.15, 0.2) is 0 Å². The van der Waals surface area contributed by atoms with Gasteiger partial charge in [0.05, 0.1) is 7.11 Å².